The van der Waals surface area contributed by atoms with Crippen molar-refractivity contribution >= 4 is 18.0 Å². The number of carboxylic acid groups (broad SMARTS) is 1. The van der Waals surface area contributed by atoms with Crippen molar-refractivity contribution in [3.63, 3.8) is 0 Å². The number of benzene rings is 2. The van der Waals surface area contributed by atoms with E-state index in [0.29, 0.717) is 6.42 Å². The summed E-state index contributed by atoms with van der Waals surface area (Å²) in [5.41, 5.74) is 4.62. The van der Waals surface area contributed by atoms with E-state index in [1.807, 2.05) is 31.2 Å². The minimum absolute atomic E-state index is 0.0265. The van der Waals surface area contributed by atoms with E-state index in [9.17, 15) is 14.4 Å². The van der Waals surface area contributed by atoms with E-state index < -0.39 is 12.1 Å². The first-order chi connectivity index (χ1) is 16.5. The van der Waals surface area contributed by atoms with Crippen molar-refractivity contribution in [2.24, 2.45) is 5.92 Å². The maximum atomic E-state index is 12.6. The fraction of sp³-hybridized carbons (Fsp3) is 0.444. The van der Waals surface area contributed by atoms with Crippen LogP contribution in [0.1, 0.15) is 62.5 Å². The molecule has 7 nitrogen and oxygen atoms in total. The summed E-state index contributed by atoms with van der Waals surface area (Å²) < 4.78 is 5.62. The fourth-order valence-corrected chi connectivity index (χ4v) is 4.89. The van der Waals surface area contributed by atoms with Crippen LogP contribution in [0.5, 0.6) is 0 Å². The van der Waals surface area contributed by atoms with Gasteiger partial charge < -0.3 is 20.5 Å². The lowest BCUT2D eigenvalue weighted by Crippen LogP contribution is -2.43. The third kappa shape index (κ3) is 5.76. The van der Waals surface area contributed by atoms with Gasteiger partial charge in [0.2, 0.25) is 5.91 Å². The molecule has 3 N–H and O–H groups in total. The number of alkyl carbamates (subject to hydrolysis) is 1. The zero-order valence-corrected chi connectivity index (χ0v) is 19.5. The van der Waals surface area contributed by atoms with Gasteiger partial charge in [-0.25, -0.2) is 4.79 Å². The molecule has 7 heteroatoms. The van der Waals surface area contributed by atoms with Crippen molar-refractivity contribution in [3.05, 3.63) is 59.7 Å². The van der Waals surface area contributed by atoms with Crippen LogP contribution in [0.4, 0.5) is 4.79 Å². The van der Waals surface area contributed by atoms with E-state index in [1.54, 1.807) is 0 Å². The summed E-state index contributed by atoms with van der Waals surface area (Å²) in [7, 11) is 0. The van der Waals surface area contributed by atoms with Crippen LogP contribution in [0.2, 0.25) is 0 Å². The average molecular weight is 465 g/mol. The molecule has 180 valence electrons. The Balaban J connectivity index is 1.33. The van der Waals surface area contributed by atoms with E-state index in [-0.39, 0.29) is 49.3 Å². The number of rotatable bonds is 11. The van der Waals surface area contributed by atoms with Gasteiger partial charge in [0.15, 0.2) is 0 Å². The van der Waals surface area contributed by atoms with E-state index >= 15 is 0 Å². The number of ether oxygens (including phenoxy) is 1. The van der Waals surface area contributed by atoms with Gasteiger partial charge >= 0.3 is 12.1 Å². The van der Waals surface area contributed by atoms with Gasteiger partial charge in [0.1, 0.15) is 6.61 Å². The highest BCUT2D eigenvalue weighted by Crippen LogP contribution is 2.44. The first-order valence-electron chi connectivity index (χ1n) is 12.1. The molecule has 0 radical (unpaired) electrons. The monoisotopic (exact) mass is 464 g/mol. The molecule has 1 fully saturated rings. The molecule has 2 aliphatic carbocycles. The van der Waals surface area contributed by atoms with Gasteiger partial charge in [0.05, 0.1) is 6.42 Å². The van der Waals surface area contributed by atoms with Crippen molar-refractivity contribution in [2.75, 3.05) is 6.61 Å². The molecule has 0 aliphatic heterocycles. The van der Waals surface area contributed by atoms with Crippen LogP contribution < -0.4 is 10.6 Å². The molecule has 4 rings (SSSR count). The van der Waals surface area contributed by atoms with Crippen LogP contribution in [0.3, 0.4) is 0 Å². The molecule has 0 spiro atoms. The molecule has 0 aromatic heterocycles. The van der Waals surface area contributed by atoms with Crippen LogP contribution in [0.25, 0.3) is 11.1 Å². The average Bonchev–Trinajstić information content (AvgIpc) is 3.60. The van der Waals surface area contributed by atoms with Gasteiger partial charge in [-0.1, -0.05) is 61.9 Å². The summed E-state index contributed by atoms with van der Waals surface area (Å²) in [5.74, 6) is -0.948. The highest BCUT2D eigenvalue weighted by molar-refractivity contribution is 5.80. The first-order valence-corrected chi connectivity index (χ1v) is 12.1. The second-order valence-electron chi connectivity index (χ2n) is 9.27. The molecule has 2 amide bonds. The van der Waals surface area contributed by atoms with Gasteiger partial charge in [0, 0.05) is 24.4 Å². The standard InChI is InChI=1S/C27H32N2O5/c1-2-7-18(14-25(30)29-24(15-26(31)32)17-12-13-17)28-27(33)34-16-23-21-10-5-3-8-19(21)20-9-4-6-11-22(20)23/h3-6,8-11,17-18,23-24H,2,7,12-16H2,1H3,(H,28,33)(H,29,30)(H,31,32)/t18-,24?/m1/s1. The normalized spacial score (nSPS) is 16.1. The molecule has 0 bridgehead atoms. The Labute approximate surface area is 199 Å². The summed E-state index contributed by atoms with van der Waals surface area (Å²) in [5, 5.41) is 14.8. The second kappa shape index (κ2) is 10.7. The molecule has 1 saturated carbocycles. The highest BCUT2D eigenvalue weighted by Gasteiger charge is 2.34. The Hall–Kier alpha value is -3.35. The Morgan fingerprint density at radius 1 is 0.971 bits per heavy atom. The number of amides is 2. The van der Waals surface area contributed by atoms with E-state index in [2.05, 4.69) is 34.9 Å². The summed E-state index contributed by atoms with van der Waals surface area (Å²) in [6, 6.07) is 15.6. The Kier molecular flexibility index (Phi) is 7.50. The van der Waals surface area contributed by atoms with Crippen molar-refractivity contribution in [2.45, 2.75) is 63.5 Å². The zero-order chi connectivity index (χ0) is 24.1. The van der Waals surface area contributed by atoms with Crippen LogP contribution in [0.15, 0.2) is 48.5 Å². The third-order valence-electron chi connectivity index (χ3n) is 6.67. The van der Waals surface area contributed by atoms with Gasteiger partial charge in [-0.2, -0.15) is 0 Å². The molecule has 2 atom stereocenters. The van der Waals surface area contributed by atoms with Crippen molar-refractivity contribution in [3.8, 4) is 11.1 Å². The predicted molar refractivity (Wildman–Crippen MR) is 128 cm³/mol. The first kappa shape index (κ1) is 23.8. The summed E-state index contributed by atoms with van der Waals surface area (Å²) in [6.07, 6.45) is 2.78. The number of carbonyl (C=O) groups is 3. The van der Waals surface area contributed by atoms with Crippen molar-refractivity contribution in [1.29, 1.82) is 0 Å². The topological polar surface area (TPSA) is 105 Å². The van der Waals surface area contributed by atoms with Gasteiger partial charge in [0.25, 0.3) is 0 Å². The molecule has 2 aromatic rings. The van der Waals surface area contributed by atoms with Crippen LogP contribution in [-0.2, 0) is 14.3 Å². The zero-order valence-electron chi connectivity index (χ0n) is 19.5. The molecule has 34 heavy (non-hydrogen) atoms. The molecule has 1 unspecified atom stereocenters. The SMILES string of the molecule is CCC[C@H](CC(=O)NC(CC(=O)O)C1CC1)NC(=O)OCC1c2ccccc2-c2ccccc21. The number of fused-ring (bicyclic) bond motifs is 3. The molecule has 2 aliphatic rings. The molecular weight excluding hydrogens is 432 g/mol. The highest BCUT2D eigenvalue weighted by atomic mass is 16.5. The Bertz CT molecular complexity index is 1000. The minimum atomic E-state index is -0.918. The lowest BCUT2D eigenvalue weighted by molar-refractivity contribution is -0.137. The van der Waals surface area contributed by atoms with Crippen LogP contribution in [0, 0.1) is 5.92 Å². The third-order valence-corrected chi connectivity index (χ3v) is 6.67. The van der Waals surface area contributed by atoms with E-state index in [0.717, 1.165) is 30.4 Å². The molecular formula is C27H32N2O5. The second-order valence-corrected chi connectivity index (χ2v) is 9.27. The maximum Gasteiger partial charge on any atom is 0.407 e. The van der Waals surface area contributed by atoms with Crippen molar-refractivity contribution in [1.82, 2.24) is 10.6 Å². The largest absolute Gasteiger partial charge is 0.481 e. The predicted octanol–water partition coefficient (Wildman–Crippen LogP) is 4.45. The molecule has 0 saturated heterocycles. The molecule has 0 heterocycles. The number of aliphatic carboxylic acids is 1. The van der Waals surface area contributed by atoms with Gasteiger partial charge in [-0.05, 0) is 47.4 Å². The van der Waals surface area contributed by atoms with Gasteiger partial charge in [-0.15, -0.1) is 0 Å². The summed E-state index contributed by atoms with van der Waals surface area (Å²) >= 11 is 0. The Morgan fingerprint density at radius 3 is 2.15 bits per heavy atom. The molecule has 2 aromatic carbocycles. The number of carboxylic acids is 1. The lowest BCUT2D eigenvalue weighted by atomic mass is 9.98. The summed E-state index contributed by atoms with van der Waals surface area (Å²) in [4.78, 5) is 36.3. The number of carbonyl (C=O) groups excluding carboxylic acids is 2. The number of nitrogens with one attached hydrogen (secondary N) is 2. The number of hydrogen-bond acceptors (Lipinski definition) is 4. The van der Waals surface area contributed by atoms with E-state index in [4.69, 9.17) is 9.84 Å². The summed E-state index contributed by atoms with van der Waals surface area (Å²) in [6.45, 7) is 2.20. The maximum absolute atomic E-state index is 12.6. The van der Waals surface area contributed by atoms with Crippen LogP contribution in [-0.4, -0.2) is 41.8 Å². The fourth-order valence-electron chi connectivity index (χ4n) is 4.89. The van der Waals surface area contributed by atoms with Crippen molar-refractivity contribution < 1.29 is 24.2 Å². The Morgan fingerprint density at radius 2 is 1.59 bits per heavy atom. The number of hydrogen-bond donors (Lipinski definition) is 3. The van der Waals surface area contributed by atoms with Crippen LogP contribution >= 0.6 is 0 Å². The smallest absolute Gasteiger partial charge is 0.407 e. The van der Waals surface area contributed by atoms with E-state index in [1.165, 1.54) is 11.1 Å². The lowest BCUT2D eigenvalue weighted by Gasteiger charge is -2.21. The minimum Gasteiger partial charge on any atom is -0.481 e. The van der Waals surface area contributed by atoms with Gasteiger partial charge in [-0.3, -0.25) is 9.59 Å². The quantitative estimate of drug-likeness (QED) is 0.456.